The number of carbonyl (C=O) groups is 1. The van der Waals surface area contributed by atoms with E-state index in [0.29, 0.717) is 16.5 Å². The molecule has 1 rings (SSSR count). The first-order chi connectivity index (χ1) is 7.91. The van der Waals surface area contributed by atoms with Gasteiger partial charge in [0.1, 0.15) is 0 Å². The Morgan fingerprint density at radius 3 is 2.65 bits per heavy atom. The van der Waals surface area contributed by atoms with Crippen molar-refractivity contribution in [3.05, 3.63) is 32.9 Å². The van der Waals surface area contributed by atoms with Gasteiger partial charge in [-0.2, -0.15) is 0 Å². The standard InChI is InChI=1S/C11H13F2IN2O/c1-6(15)2-3-16-11(17)7-4-8(12)9(13)5-10(7)14/h4-6H,2-3,15H2,1H3,(H,16,17). The highest BCUT2D eigenvalue weighted by atomic mass is 127. The summed E-state index contributed by atoms with van der Waals surface area (Å²) in [5, 5.41) is 2.60. The van der Waals surface area contributed by atoms with Gasteiger partial charge >= 0.3 is 0 Å². The number of amides is 1. The molecule has 0 aliphatic carbocycles. The minimum atomic E-state index is -1.03. The van der Waals surface area contributed by atoms with Gasteiger partial charge in [-0.25, -0.2) is 8.78 Å². The van der Waals surface area contributed by atoms with Crippen LogP contribution in [0.15, 0.2) is 12.1 Å². The Morgan fingerprint density at radius 2 is 2.06 bits per heavy atom. The molecule has 3 nitrogen and oxygen atoms in total. The third-order valence-corrected chi connectivity index (χ3v) is 3.03. The Balaban J connectivity index is 2.72. The lowest BCUT2D eigenvalue weighted by atomic mass is 10.2. The average Bonchev–Trinajstić information content (AvgIpc) is 2.22. The molecule has 3 N–H and O–H groups in total. The molecule has 0 saturated heterocycles. The van der Waals surface area contributed by atoms with Crippen molar-refractivity contribution in [1.29, 1.82) is 0 Å². The molecular weight excluding hydrogens is 341 g/mol. The highest BCUT2D eigenvalue weighted by Gasteiger charge is 2.14. The third-order valence-electron chi connectivity index (χ3n) is 2.14. The molecule has 1 atom stereocenters. The van der Waals surface area contributed by atoms with E-state index < -0.39 is 17.5 Å². The molecule has 0 bridgehead atoms. The van der Waals surface area contributed by atoms with E-state index in [-0.39, 0.29) is 11.6 Å². The first kappa shape index (κ1) is 14.3. The van der Waals surface area contributed by atoms with Crippen LogP contribution in [0, 0.1) is 15.2 Å². The van der Waals surface area contributed by atoms with Crippen LogP contribution in [0.2, 0.25) is 0 Å². The summed E-state index contributed by atoms with van der Waals surface area (Å²) in [6, 6.07) is 1.88. The molecule has 1 aromatic rings. The van der Waals surface area contributed by atoms with E-state index >= 15 is 0 Å². The number of hydrogen-bond acceptors (Lipinski definition) is 2. The summed E-state index contributed by atoms with van der Waals surface area (Å²) in [6.07, 6.45) is 0.631. The molecule has 17 heavy (non-hydrogen) atoms. The zero-order valence-electron chi connectivity index (χ0n) is 9.27. The van der Waals surface area contributed by atoms with Crippen molar-refractivity contribution in [2.75, 3.05) is 6.54 Å². The maximum atomic E-state index is 13.0. The largest absolute Gasteiger partial charge is 0.352 e. The molecule has 1 aromatic carbocycles. The maximum absolute atomic E-state index is 13.0. The molecule has 94 valence electrons. The van der Waals surface area contributed by atoms with Gasteiger partial charge in [0.25, 0.3) is 5.91 Å². The summed E-state index contributed by atoms with van der Waals surface area (Å²) in [5.41, 5.74) is 5.66. The van der Waals surface area contributed by atoms with Crippen LogP contribution in [-0.4, -0.2) is 18.5 Å². The molecule has 0 heterocycles. The second-order valence-electron chi connectivity index (χ2n) is 3.77. The first-order valence-corrected chi connectivity index (χ1v) is 6.18. The van der Waals surface area contributed by atoms with E-state index in [9.17, 15) is 13.6 Å². The van der Waals surface area contributed by atoms with Crippen LogP contribution >= 0.6 is 22.6 Å². The van der Waals surface area contributed by atoms with Crippen LogP contribution in [-0.2, 0) is 0 Å². The van der Waals surface area contributed by atoms with E-state index in [1.165, 1.54) is 0 Å². The summed E-state index contributed by atoms with van der Waals surface area (Å²) in [5.74, 6) is -2.40. The number of nitrogens with two attached hydrogens (primary N) is 1. The molecule has 1 unspecified atom stereocenters. The highest BCUT2D eigenvalue weighted by molar-refractivity contribution is 14.1. The van der Waals surface area contributed by atoms with Gasteiger partial charge in [-0.3, -0.25) is 4.79 Å². The lowest BCUT2D eigenvalue weighted by molar-refractivity contribution is 0.0951. The molecule has 0 saturated carbocycles. The number of benzene rings is 1. The van der Waals surface area contributed by atoms with Gasteiger partial charge in [0, 0.05) is 16.2 Å². The molecule has 1 amide bonds. The Labute approximate surface area is 112 Å². The normalized spacial score (nSPS) is 12.3. The predicted molar refractivity (Wildman–Crippen MR) is 69.7 cm³/mol. The Hall–Kier alpha value is -0.760. The number of hydrogen-bond donors (Lipinski definition) is 2. The number of nitrogens with one attached hydrogen (secondary N) is 1. The number of halogens is 3. The van der Waals surface area contributed by atoms with Crippen LogP contribution < -0.4 is 11.1 Å². The van der Waals surface area contributed by atoms with Crippen molar-refractivity contribution in [3.63, 3.8) is 0 Å². The van der Waals surface area contributed by atoms with Crippen molar-refractivity contribution in [2.24, 2.45) is 5.73 Å². The lowest BCUT2D eigenvalue weighted by Crippen LogP contribution is -2.29. The fraction of sp³-hybridized carbons (Fsp3) is 0.364. The molecule has 0 radical (unpaired) electrons. The molecule has 0 spiro atoms. The van der Waals surface area contributed by atoms with E-state index in [4.69, 9.17) is 5.73 Å². The van der Waals surface area contributed by atoms with Gasteiger partial charge in [0.05, 0.1) is 5.56 Å². The van der Waals surface area contributed by atoms with Gasteiger partial charge in [-0.1, -0.05) is 0 Å². The molecule has 0 fully saturated rings. The van der Waals surface area contributed by atoms with Crippen molar-refractivity contribution in [1.82, 2.24) is 5.32 Å². The van der Waals surface area contributed by atoms with E-state index in [1.807, 2.05) is 6.92 Å². The second kappa shape index (κ2) is 6.25. The topological polar surface area (TPSA) is 55.1 Å². The first-order valence-electron chi connectivity index (χ1n) is 5.10. The molecule has 6 heteroatoms. The minimum absolute atomic E-state index is 0.0145. The van der Waals surface area contributed by atoms with Crippen LogP contribution in [0.1, 0.15) is 23.7 Å². The fourth-order valence-corrected chi connectivity index (χ4v) is 1.88. The second-order valence-corrected chi connectivity index (χ2v) is 4.93. The summed E-state index contributed by atoms with van der Waals surface area (Å²) in [6.45, 7) is 2.24. The predicted octanol–water partition coefficient (Wildman–Crippen LogP) is 2.04. The lowest BCUT2D eigenvalue weighted by Gasteiger charge is -2.09. The summed E-state index contributed by atoms with van der Waals surface area (Å²) in [4.78, 5) is 11.7. The van der Waals surface area contributed by atoms with Crippen molar-refractivity contribution >= 4 is 28.5 Å². The van der Waals surface area contributed by atoms with Crippen molar-refractivity contribution in [3.8, 4) is 0 Å². The van der Waals surface area contributed by atoms with E-state index in [1.54, 1.807) is 22.6 Å². The molecular formula is C11H13F2IN2O. The average molecular weight is 354 g/mol. The monoisotopic (exact) mass is 354 g/mol. The zero-order valence-corrected chi connectivity index (χ0v) is 11.4. The van der Waals surface area contributed by atoms with Gasteiger partial charge in [-0.05, 0) is 48.1 Å². The van der Waals surface area contributed by atoms with Crippen LogP contribution in [0.5, 0.6) is 0 Å². The summed E-state index contributed by atoms with van der Waals surface area (Å²) >= 11 is 1.79. The Kier molecular flexibility index (Phi) is 5.26. The number of carbonyl (C=O) groups excluding carboxylic acids is 1. The zero-order chi connectivity index (χ0) is 13.0. The van der Waals surface area contributed by atoms with Crippen molar-refractivity contribution in [2.45, 2.75) is 19.4 Å². The maximum Gasteiger partial charge on any atom is 0.252 e. The van der Waals surface area contributed by atoms with Gasteiger partial charge < -0.3 is 11.1 Å². The van der Waals surface area contributed by atoms with Gasteiger partial charge in [-0.15, -0.1) is 0 Å². The third kappa shape index (κ3) is 4.19. The minimum Gasteiger partial charge on any atom is -0.352 e. The fourth-order valence-electron chi connectivity index (χ4n) is 1.21. The van der Waals surface area contributed by atoms with Gasteiger partial charge in [0.15, 0.2) is 11.6 Å². The number of rotatable bonds is 4. The highest BCUT2D eigenvalue weighted by Crippen LogP contribution is 2.17. The summed E-state index contributed by atoms with van der Waals surface area (Å²) < 4.78 is 26.2. The van der Waals surface area contributed by atoms with E-state index in [2.05, 4.69) is 5.32 Å². The van der Waals surface area contributed by atoms with Crippen molar-refractivity contribution < 1.29 is 13.6 Å². The molecule has 0 aliphatic rings. The van der Waals surface area contributed by atoms with E-state index in [0.717, 1.165) is 12.1 Å². The van der Waals surface area contributed by atoms with Crippen LogP contribution in [0.25, 0.3) is 0 Å². The Bertz CT molecular complexity index is 424. The summed E-state index contributed by atoms with van der Waals surface area (Å²) in [7, 11) is 0. The SMILES string of the molecule is CC(N)CCNC(=O)c1cc(F)c(F)cc1I. The molecule has 0 aliphatic heterocycles. The quantitative estimate of drug-likeness (QED) is 0.642. The van der Waals surface area contributed by atoms with Crippen LogP contribution in [0.4, 0.5) is 8.78 Å². The molecule has 0 aromatic heterocycles. The smallest absolute Gasteiger partial charge is 0.252 e. The van der Waals surface area contributed by atoms with Crippen LogP contribution in [0.3, 0.4) is 0 Å². The Morgan fingerprint density at radius 1 is 1.47 bits per heavy atom. The van der Waals surface area contributed by atoms with Gasteiger partial charge in [0.2, 0.25) is 0 Å².